The number of phenolic OH excluding ortho intramolecular Hbond substituents is 2. The third kappa shape index (κ3) is 2.14. The highest BCUT2D eigenvalue weighted by molar-refractivity contribution is 5.40. The van der Waals surface area contributed by atoms with Gasteiger partial charge in [0, 0.05) is 5.56 Å². The molecule has 0 aliphatic heterocycles. The van der Waals surface area contributed by atoms with Crippen molar-refractivity contribution < 1.29 is 10.2 Å². The molecule has 0 fully saturated rings. The van der Waals surface area contributed by atoms with Gasteiger partial charge in [0.2, 0.25) is 0 Å². The predicted molar refractivity (Wildman–Crippen MR) is 53.1 cm³/mol. The van der Waals surface area contributed by atoms with Crippen LogP contribution in [-0.2, 0) is 0 Å². The van der Waals surface area contributed by atoms with Gasteiger partial charge in [0.25, 0.3) is 0 Å². The second kappa shape index (κ2) is 4.17. The smallest absolute Gasteiger partial charge is 0.119 e. The van der Waals surface area contributed by atoms with Crippen LogP contribution in [-0.4, -0.2) is 10.2 Å². The average Bonchev–Trinajstić information content (AvgIpc) is 2.13. The molecule has 0 saturated heterocycles. The van der Waals surface area contributed by atoms with Gasteiger partial charge in [-0.1, -0.05) is 13.8 Å². The van der Waals surface area contributed by atoms with E-state index in [0.29, 0.717) is 5.92 Å². The first-order valence-corrected chi connectivity index (χ1v) is 4.70. The van der Waals surface area contributed by atoms with E-state index in [1.165, 1.54) is 6.07 Å². The molecule has 0 aromatic heterocycles. The van der Waals surface area contributed by atoms with Crippen molar-refractivity contribution in [3.8, 4) is 11.5 Å². The fourth-order valence-corrected chi connectivity index (χ4v) is 1.60. The summed E-state index contributed by atoms with van der Waals surface area (Å²) in [6, 6.07) is 4.69. The van der Waals surface area contributed by atoms with E-state index in [1.807, 2.05) is 0 Å². The van der Waals surface area contributed by atoms with E-state index in [9.17, 15) is 10.2 Å². The van der Waals surface area contributed by atoms with Crippen LogP contribution >= 0.6 is 0 Å². The summed E-state index contributed by atoms with van der Waals surface area (Å²) < 4.78 is 0. The van der Waals surface area contributed by atoms with Crippen LogP contribution in [0.1, 0.15) is 38.2 Å². The Balaban J connectivity index is 3.03. The molecular formula is C11H16O2. The number of phenols is 2. The number of rotatable bonds is 3. The van der Waals surface area contributed by atoms with Gasteiger partial charge in [-0.05, 0) is 37.0 Å². The average molecular weight is 180 g/mol. The molecule has 1 aromatic rings. The van der Waals surface area contributed by atoms with Gasteiger partial charge in [-0.25, -0.2) is 0 Å². The van der Waals surface area contributed by atoms with Gasteiger partial charge in [-0.15, -0.1) is 0 Å². The molecule has 2 heteroatoms. The van der Waals surface area contributed by atoms with Crippen LogP contribution in [0.15, 0.2) is 18.2 Å². The molecule has 0 unspecified atom stereocenters. The number of hydrogen-bond acceptors (Lipinski definition) is 2. The minimum absolute atomic E-state index is 0.222. The highest BCUT2D eigenvalue weighted by atomic mass is 16.3. The Labute approximate surface area is 78.8 Å². The second-order valence-corrected chi connectivity index (χ2v) is 3.26. The lowest BCUT2D eigenvalue weighted by Crippen LogP contribution is -1.95. The normalized spacial score (nSPS) is 10.7. The Morgan fingerprint density at radius 1 is 1.15 bits per heavy atom. The Morgan fingerprint density at radius 3 is 2.31 bits per heavy atom. The third-order valence-corrected chi connectivity index (χ3v) is 2.44. The maximum atomic E-state index is 9.56. The minimum atomic E-state index is 0.222. The van der Waals surface area contributed by atoms with Crippen molar-refractivity contribution in [3.05, 3.63) is 23.8 Å². The number of benzene rings is 1. The van der Waals surface area contributed by atoms with Crippen molar-refractivity contribution in [2.24, 2.45) is 0 Å². The zero-order valence-corrected chi connectivity index (χ0v) is 8.12. The maximum Gasteiger partial charge on any atom is 0.119 e. The first kappa shape index (κ1) is 9.90. The van der Waals surface area contributed by atoms with E-state index in [1.54, 1.807) is 12.1 Å². The first-order chi connectivity index (χ1) is 6.19. The van der Waals surface area contributed by atoms with Gasteiger partial charge in [-0.3, -0.25) is 0 Å². The van der Waals surface area contributed by atoms with E-state index in [0.717, 1.165) is 18.4 Å². The number of hydrogen-bond donors (Lipinski definition) is 2. The van der Waals surface area contributed by atoms with E-state index < -0.39 is 0 Å². The van der Waals surface area contributed by atoms with Crippen LogP contribution in [0, 0.1) is 0 Å². The van der Waals surface area contributed by atoms with Crippen LogP contribution in [0.2, 0.25) is 0 Å². The van der Waals surface area contributed by atoms with Crippen LogP contribution in [0.4, 0.5) is 0 Å². The number of aromatic hydroxyl groups is 2. The van der Waals surface area contributed by atoms with Crippen molar-refractivity contribution >= 4 is 0 Å². The lowest BCUT2D eigenvalue weighted by Gasteiger charge is -2.14. The molecule has 2 N–H and O–H groups in total. The van der Waals surface area contributed by atoms with E-state index in [4.69, 9.17) is 0 Å². The quantitative estimate of drug-likeness (QED) is 0.702. The summed E-state index contributed by atoms with van der Waals surface area (Å²) in [6.07, 6.45) is 1.96. The summed E-state index contributed by atoms with van der Waals surface area (Å²) in [7, 11) is 0. The van der Waals surface area contributed by atoms with Crippen molar-refractivity contribution in [3.63, 3.8) is 0 Å². The molecule has 72 valence electrons. The van der Waals surface area contributed by atoms with Crippen LogP contribution in [0.25, 0.3) is 0 Å². The molecule has 0 atom stereocenters. The SMILES string of the molecule is CCC(CC)c1cc(O)ccc1O. The Kier molecular flexibility index (Phi) is 3.18. The van der Waals surface area contributed by atoms with Crippen LogP contribution in [0.5, 0.6) is 11.5 Å². The summed E-state index contributed by atoms with van der Waals surface area (Å²) in [5, 5.41) is 18.8. The Hall–Kier alpha value is -1.18. The fraction of sp³-hybridized carbons (Fsp3) is 0.455. The maximum absolute atomic E-state index is 9.56. The molecule has 0 amide bonds. The zero-order valence-electron chi connectivity index (χ0n) is 8.12. The molecule has 1 aromatic carbocycles. The minimum Gasteiger partial charge on any atom is -0.508 e. The highest BCUT2D eigenvalue weighted by Gasteiger charge is 2.11. The summed E-state index contributed by atoms with van der Waals surface area (Å²) in [4.78, 5) is 0. The van der Waals surface area contributed by atoms with Crippen LogP contribution in [0.3, 0.4) is 0 Å². The van der Waals surface area contributed by atoms with E-state index in [-0.39, 0.29) is 11.5 Å². The lowest BCUT2D eigenvalue weighted by atomic mass is 9.93. The van der Waals surface area contributed by atoms with E-state index in [2.05, 4.69) is 13.8 Å². The molecular weight excluding hydrogens is 164 g/mol. The Bertz CT molecular complexity index is 277. The second-order valence-electron chi connectivity index (χ2n) is 3.26. The highest BCUT2D eigenvalue weighted by Crippen LogP contribution is 2.32. The van der Waals surface area contributed by atoms with E-state index >= 15 is 0 Å². The van der Waals surface area contributed by atoms with Gasteiger partial charge in [0.05, 0.1) is 0 Å². The molecule has 0 bridgehead atoms. The summed E-state index contributed by atoms with van der Waals surface area (Å²) >= 11 is 0. The molecule has 1 rings (SSSR count). The van der Waals surface area contributed by atoms with Gasteiger partial charge >= 0.3 is 0 Å². The molecule has 0 aliphatic rings. The van der Waals surface area contributed by atoms with Gasteiger partial charge < -0.3 is 10.2 Å². The first-order valence-electron chi connectivity index (χ1n) is 4.70. The summed E-state index contributed by atoms with van der Waals surface area (Å²) in [5.41, 5.74) is 0.852. The molecule has 13 heavy (non-hydrogen) atoms. The summed E-state index contributed by atoms with van der Waals surface area (Å²) in [5.74, 6) is 0.846. The van der Waals surface area contributed by atoms with Crippen molar-refractivity contribution in [2.75, 3.05) is 0 Å². The zero-order chi connectivity index (χ0) is 9.84. The molecule has 0 heterocycles. The predicted octanol–water partition coefficient (Wildman–Crippen LogP) is 3.00. The van der Waals surface area contributed by atoms with Crippen molar-refractivity contribution in [1.29, 1.82) is 0 Å². The molecule has 0 saturated carbocycles. The van der Waals surface area contributed by atoms with Crippen LogP contribution < -0.4 is 0 Å². The van der Waals surface area contributed by atoms with Gasteiger partial charge in [0.1, 0.15) is 11.5 Å². The monoisotopic (exact) mass is 180 g/mol. The largest absolute Gasteiger partial charge is 0.508 e. The van der Waals surface area contributed by atoms with Gasteiger partial charge in [0.15, 0.2) is 0 Å². The topological polar surface area (TPSA) is 40.5 Å². The molecule has 0 radical (unpaired) electrons. The fourth-order valence-electron chi connectivity index (χ4n) is 1.60. The van der Waals surface area contributed by atoms with Crippen molar-refractivity contribution in [2.45, 2.75) is 32.6 Å². The lowest BCUT2D eigenvalue weighted by molar-refractivity contribution is 0.445. The molecule has 0 aliphatic carbocycles. The Morgan fingerprint density at radius 2 is 1.77 bits per heavy atom. The van der Waals surface area contributed by atoms with Crippen molar-refractivity contribution in [1.82, 2.24) is 0 Å². The molecule has 2 nitrogen and oxygen atoms in total. The standard InChI is InChI=1S/C11H16O2/c1-3-8(4-2)10-7-9(12)5-6-11(10)13/h5-8,12-13H,3-4H2,1-2H3. The molecule has 0 spiro atoms. The van der Waals surface area contributed by atoms with Gasteiger partial charge in [-0.2, -0.15) is 0 Å². The third-order valence-electron chi connectivity index (χ3n) is 2.44. The summed E-state index contributed by atoms with van der Waals surface area (Å²) in [6.45, 7) is 4.16.